The van der Waals surface area contributed by atoms with Gasteiger partial charge in [-0.3, -0.25) is 19.3 Å². The number of ketones is 1. The molecule has 1 aromatic heterocycles. The maximum Gasteiger partial charge on any atom is 0.328 e. The lowest BCUT2D eigenvalue weighted by molar-refractivity contribution is -0.137. The van der Waals surface area contributed by atoms with Gasteiger partial charge in [0.2, 0.25) is 0 Å². The van der Waals surface area contributed by atoms with Gasteiger partial charge in [-0.05, 0) is 36.4 Å². The van der Waals surface area contributed by atoms with Gasteiger partial charge in [-0.25, -0.2) is 8.42 Å². The number of hydrogen-bond donors (Lipinski definition) is 3. The third kappa shape index (κ3) is 3.78. The fourth-order valence-corrected chi connectivity index (χ4v) is 3.74. The van der Waals surface area contributed by atoms with Crippen molar-refractivity contribution in [2.75, 3.05) is 4.72 Å². The minimum Gasteiger partial charge on any atom is -0.480 e. The van der Waals surface area contributed by atoms with Crippen LogP contribution in [0, 0.1) is 0 Å². The normalized spacial score (nSPS) is 12.5. The summed E-state index contributed by atoms with van der Waals surface area (Å²) < 4.78 is 27.9. The van der Waals surface area contributed by atoms with Gasteiger partial charge in [-0.2, -0.15) is 0 Å². The van der Waals surface area contributed by atoms with Crippen molar-refractivity contribution < 1.29 is 23.1 Å². The van der Waals surface area contributed by atoms with Crippen LogP contribution in [0.15, 0.2) is 65.7 Å². The molecule has 0 aliphatic heterocycles. The van der Waals surface area contributed by atoms with Crippen molar-refractivity contribution in [3.05, 3.63) is 66.4 Å². The van der Waals surface area contributed by atoms with Gasteiger partial charge in [-0.15, -0.1) is 0 Å². The Labute approximate surface area is 154 Å². The summed E-state index contributed by atoms with van der Waals surface area (Å²) in [6.07, 6.45) is 1.51. The molecular weight excluding hydrogens is 370 g/mol. The van der Waals surface area contributed by atoms with Crippen molar-refractivity contribution >= 4 is 38.4 Å². The van der Waals surface area contributed by atoms with Crippen molar-refractivity contribution in [3.63, 3.8) is 0 Å². The Morgan fingerprint density at radius 1 is 1.04 bits per heavy atom. The molecule has 138 valence electrons. The van der Waals surface area contributed by atoms with Crippen LogP contribution in [0.3, 0.4) is 0 Å². The second-order valence-corrected chi connectivity index (χ2v) is 7.35. The van der Waals surface area contributed by atoms with Crippen molar-refractivity contribution in [1.82, 2.24) is 4.98 Å². The summed E-state index contributed by atoms with van der Waals surface area (Å²) >= 11 is 0. The number of nitrogens with one attached hydrogen (secondary N) is 1. The van der Waals surface area contributed by atoms with E-state index in [9.17, 15) is 18.0 Å². The molecule has 4 N–H and O–H groups in total. The number of aliphatic carboxylic acids is 1. The zero-order chi connectivity index (χ0) is 19.6. The molecule has 1 unspecified atom stereocenters. The number of carboxylic acid groups (broad SMARTS) is 1. The third-order valence-electron chi connectivity index (χ3n) is 3.86. The number of carboxylic acids is 1. The molecule has 1 atom stereocenters. The van der Waals surface area contributed by atoms with Crippen LogP contribution in [0.25, 0.3) is 10.9 Å². The monoisotopic (exact) mass is 385 g/mol. The summed E-state index contributed by atoms with van der Waals surface area (Å²) in [5, 5.41) is 9.47. The summed E-state index contributed by atoms with van der Waals surface area (Å²) in [7, 11) is -3.92. The van der Waals surface area contributed by atoms with E-state index in [0.717, 1.165) is 0 Å². The summed E-state index contributed by atoms with van der Waals surface area (Å²) in [5.41, 5.74) is 5.91. The van der Waals surface area contributed by atoms with E-state index in [-0.39, 0.29) is 16.1 Å². The van der Waals surface area contributed by atoms with Gasteiger partial charge in [0, 0.05) is 22.8 Å². The lowest BCUT2D eigenvalue weighted by Gasteiger charge is -2.11. The molecule has 0 radical (unpaired) electrons. The Morgan fingerprint density at radius 3 is 2.37 bits per heavy atom. The largest absolute Gasteiger partial charge is 0.480 e. The highest BCUT2D eigenvalue weighted by Gasteiger charge is 2.23. The lowest BCUT2D eigenvalue weighted by atomic mass is 10.0. The molecular formula is C18H15N3O5S. The Bertz CT molecular complexity index is 1120. The Morgan fingerprint density at radius 2 is 1.70 bits per heavy atom. The number of nitrogens with zero attached hydrogens (tertiary/aromatic N) is 1. The highest BCUT2D eigenvalue weighted by Crippen LogP contribution is 2.23. The Hall–Kier alpha value is -3.30. The summed E-state index contributed by atoms with van der Waals surface area (Å²) in [4.78, 5) is 26.8. The Balaban J connectivity index is 1.88. The van der Waals surface area contributed by atoms with Gasteiger partial charge in [0.15, 0.2) is 11.8 Å². The van der Waals surface area contributed by atoms with E-state index in [0.29, 0.717) is 10.9 Å². The third-order valence-corrected chi connectivity index (χ3v) is 5.27. The van der Waals surface area contributed by atoms with Crippen LogP contribution in [0.5, 0.6) is 0 Å². The first-order valence-electron chi connectivity index (χ1n) is 7.79. The second-order valence-electron chi connectivity index (χ2n) is 5.69. The first-order valence-corrected chi connectivity index (χ1v) is 9.27. The van der Waals surface area contributed by atoms with Crippen molar-refractivity contribution in [2.24, 2.45) is 5.73 Å². The molecule has 0 aliphatic rings. The fraction of sp³-hybridized carbons (Fsp3) is 0.0556. The van der Waals surface area contributed by atoms with Crippen molar-refractivity contribution in [2.45, 2.75) is 10.9 Å². The van der Waals surface area contributed by atoms with Crippen LogP contribution >= 0.6 is 0 Å². The van der Waals surface area contributed by atoms with Gasteiger partial charge in [0.25, 0.3) is 10.0 Å². The van der Waals surface area contributed by atoms with E-state index < -0.39 is 27.8 Å². The zero-order valence-corrected chi connectivity index (χ0v) is 14.7. The van der Waals surface area contributed by atoms with Crippen LogP contribution in [-0.2, 0) is 14.8 Å². The number of sulfonamides is 1. The number of fused-ring (bicyclic) bond motifs is 1. The average Bonchev–Trinajstić information content (AvgIpc) is 2.66. The number of pyridine rings is 1. The number of nitrogens with two attached hydrogens (primary N) is 1. The summed E-state index contributed by atoms with van der Waals surface area (Å²) in [6, 6.07) is 12.0. The molecule has 0 bridgehead atoms. The fourth-order valence-electron chi connectivity index (χ4n) is 2.50. The lowest BCUT2D eigenvalue weighted by Crippen LogP contribution is -2.38. The predicted molar refractivity (Wildman–Crippen MR) is 98.9 cm³/mol. The van der Waals surface area contributed by atoms with Crippen molar-refractivity contribution in [1.29, 1.82) is 0 Å². The van der Waals surface area contributed by atoms with Crippen LogP contribution in [0.2, 0.25) is 0 Å². The van der Waals surface area contributed by atoms with E-state index in [2.05, 4.69) is 9.71 Å². The van der Waals surface area contributed by atoms with E-state index in [1.807, 2.05) is 0 Å². The summed E-state index contributed by atoms with van der Waals surface area (Å²) in [6.45, 7) is 0. The molecule has 9 heteroatoms. The number of Topliss-reactive ketones (excluding diaryl/α,β-unsaturated/α-hetero) is 1. The van der Waals surface area contributed by atoms with Gasteiger partial charge in [0.05, 0.1) is 5.52 Å². The van der Waals surface area contributed by atoms with Gasteiger partial charge in [-0.1, -0.05) is 18.2 Å². The summed E-state index contributed by atoms with van der Waals surface area (Å²) in [5.74, 6) is -2.21. The molecule has 0 aliphatic carbocycles. The molecule has 0 fully saturated rings. The smallest absolute Gasteiger partial charge is 0.328 e. The van der Waals surface area contributed by atoms with Crippen LogP contribution in [0.4, 0.5) is 5.69 Å². The van der Waals surface area contributed by atoms with Gasteiger partial charge < -0.3 is 10.8 Å². The highest BCUT2D eigenvalue weighted by molar-refractivity contribution is 7.93. The maximum atomic E-state index is 12.7. The van der Waals surface area contributed by atoms with E-state index in [1.54, 1.807) is 24.3 Å². The second kappa shape index (κ2) is 7.14. The van der Waals surface area contributed by atoms with Crippen LogP contribution < -0.4 is 10.5 Å². The molecule has 3 rings (SSSR count). The van der Waals surface area contributed by atoms with E-state index in [1.165, 1.54) is 36.5 Å². The maximum absolute atomic E-state index is 12.7. The number of carbonyl (C=O) groups is 2. The number of carbonyl (C=O) groups excluding carboxylic acids is 1. The molecule has 1 heterocycles. The molecule has 27 heavy (non-hydrogen) atoms. The number of rotatable bonds is 6. The quantitative estimate of drug-likeness (QED) is 0.433. The highest BCUT2D eigenvalue weighted by atomic mass is 32.2. The number of anilines is 1. The number of benzene rings is 2. The first kappa shape index (κ1) is 18.5. The number of para-hydroxylation sites is 1. The minimum atomic E-state index is -3.92. The molecule has 0 saturated heterocycles. The molecule has 8 nitrogen and oxygen atoms in total. The SMILES string of the molecule is NC(C(=O)O)C(=O)c1ccc(NS(=O)(=O)c2cccc3cccnc23)cc1. The van der Waals surface area contributed by atoms with Gasteiger partial charge >= 0.3 is 5.97 Å². The standard InChI is InChI=1S/C18H15N3O5S/c19-15(18(23)24)17(22)12-6-8-13(9-7-12)21-27(25,26)14-5-1-3-11-4-2-10-20-16(11)14/h1-10,15,21H,19H2,(H,23,24). The molecule has 0 amide bonds. The van der Waals surface area contributed by atoms with E-state index in [4.69, 9.17) is 10.8 Å². The number of hydrogen-bond acceptors (Lipinski definition) is 6. The average molecular weight is 385 g/mol. The van der Waals surface area contributed by atoms with E-state index >= 15 is 0 Å². The van der Waals surface area contributed by atoms with Gasteiger partial charge in [0.1, 0.15) is 4.90 Å². The predicted octanol–water partition coefficient (Wildman–Crippen LogP) is 1.63. The Kier molecular flexibility index (Phi) is 4.89. The van der Waals surface area contributed by atoms with Crippen LogP contribution in [-0.4, -0.2) is 36.3 Å². The molecule has 3 aromatic rings. The zero-order valence-electron chi connectivity index (χ0n) is 13.9. The molecule has 0 spiro atoms. The van der Waals surface area contributed by atoms with Crippen molar-refractivity contribution in [3.8, 4) is 0 Å². The molecule has 2 aromatic carbocycles. The minimum absolute atomic E-state index is 0.0219. The molecule has 0 saturated carbocycles. The first-order chi connectivity index (χ1) is 12.8. The number of aromatic nitrogens is 1. The van der Waals surface area contributed by atoms with Crippen LogP contribution in [0.1, 0.15) is 10.4 Å². The topological polar surface area (TPSA) is 139 Å².